The number of nitrogens with zero attached hydrogens (tertiary/aromatic N) is 1. The maximum Gasteiger partial charge on any atom is 0.416 e. The number of benzene rings is 1. The predicted molar refractivity (Wildman–Crippen MR) is 65.9 cm³/mol. The molecule has 1 aromatic rings. The van der Waals surface area contributed by atoms with Crippen molar-refractivity contribution >= 4 is 11.6 Å². The molecule has 0 aliphatic carbocycles. The molecule has 0 aliphatic heterocycles. The summed E-state index contributed by atoms with van der Waals surface area (Å²) in [5, 5.41) is 11.3. The number of hydrogen-bond acceptors (Lipinski definition) is 3. The average Bonchev–Trinajstić information content (AvgIpc) is 2.37. The summed E-state index contributed by atoms with van der Waals surface area (Å²) in [6.07, 6.45) is -4.54. The fourth-order valence-electron chi connectivity index (χ4n) is 1.29. The Hall–Kier alpha value is -2.07. The SMILES string of the molecule is COC(C)(C)C(=O)Nc1ccc(C(F)(F)F)cc1C#N. The summed E-state index contributed by atoms with van der Waals surface area (Å²) in [4.78, 5) is 11.8. The Morgan fingerprint density at radius 3 is 2.40 bits per heavy atom. The van der Waals surface area contributed by atoms with Crippen LogP contribution >= 0.6 is 0 Å². The number of methoxy groups -OCH3 is 1. The highest BCUT2D eigenvalue weighted by molar-refractivity contribution is 5.97. The standard InChI is InChI=1S/C13H13F3N2O2/c1-12(2,20-3)11(19)18-10-5-4-9(13(14,15)16)6-8(10)7-17/h4-6H,1-3H3,(H,18,19). The Bertz CT molecular complexity index is 560. The van der Waals surface area contributed by atoms with Crippen molar-refractivity contribution in [3.8, 4) is 6.07 Å². The molecule has 0 aromatic heterocycles. The number of rotatable bonds is 3. The molecule has 1 amide bonds. The average molecular weight is 286 g/mol. The van der Waals surface area contributed by atoms with Crippen molar-refractivity contribution in [3.05, 3.63) is 29.3 Å². The first-order valence-corrected chi connectivity index (χ1v) is 5.60. The molecule has 108 valence electrons. The third kappa shape index (κ3) is 3.48. The number of amides is 1. The van der Waals surface area contributed by atoms with Gasteiger partial charge < -0.3 is 10.1 Å². The zero-order valence-electron chi connectivity index (χ0n) is 11.1. The van der Waals surface area contributed by atoms with Crippen molar-refractivity contribution < 1.29 is 22.7 Å². The quantitative estimate of drug-likeness (QED) is 0.929. The topological polar surface area (TPSA) is 62.1 Å². The minimum atomic E-state index is -4.54. The maximum absolute atomic E-state index is 12.5. The molecule has 0 heterocycles. The van der Waals surface area contributed by atoms with Crippen molar-refractivity contribution in [1.82, 2.24) is 0 Å². The molecule has 0 radical (unpaired) electrons. The highest BCUT2D eigenvalue weighted by Gasteiger charge is 2.32. The number of alkyl halides is 3. The molecular formula is C13H13F3N2O2. The molecule has 0 bridgehead atoms. The van der Waals surface area contributed by atoms with Crippen molar-refractivity contribution in [2.45, 2.75) is 25.6 Å². The molecule has 1 rings (SSSR count). The van der Waals surface area contributed by atoms with E-state index in [1.165, 1.54) is 21.0 Å². The number of nitrogens with one attached hydrogen (secondary N) is 1. The van der Waals surface area contributed by atoms with Gasteiger partial charge in [-0.2, -0.15) is 18.4 Å². The van der Waals surface area contributed by atoms with E-state index >= 15 is 0 Å². The number of ether oxygens (including phenoxy) is 1. The summed E-state index contributed by atoms with van der Waals surface area (Å²) in [6, 6.07) is 4.17. The lowest BCUT2D eigenvalue weighted by molar-refractivity contribution is -0.137. The third-order valence-corrected chi connectivity index (χ3v) is 2.77. The minimum Gasteiger partial charge on any atom is -0.369 e. The summed E-state index contributed by atoms with van der Waals surface area (Å²) in [5.74, 6) is -0.559. The molecule has 0 atom stereocenters. The molecule has 0 aliphatic rings. The Labute approximate surface area is 114 Å². The Kier molecular flexibility index (Phi) is 4.40. The monoisotopic (exact) mass is 286 g/mol. The molecule has 1 aromatic carbocycles. The number of hydrogen-bond donors (Lipinski definition) is 1. The van der Waals surface area contributed by atoms with E-state index in [0.717, 1.165) is 12.1 Å². The zero-order chi connectivity index (χ0) is 15.6. The molecule has 20 heavy (non-hydrogen) atoms. The van der Waals surface area contributed by atoms with Gasteiger partial charge in [-0.1, -0.05) is 0 Å². The van der Waals surface area contributed by atoms with Crippen molar-refractivity contribution in [2.75, 3.05) is 12.4 Å². The fraction of sp³-hybridized carbons (Fsp3) is 0.385. The first-order valence-electron chi connectivity index (χ1n) is 5.60. The van der Waals surface area contributed by atoms with E-state index < -0.39 is 23.2 Å². The number of anilines is 1. The van der Waals surface area contributed by atoms with Crippen LogP contribution in [-0.2, 0) is 15.7 Å². The summed E-state index contributed by atoms with van der Waals surface area (Å²) >= 11 is 0. The summed E-state index contributed by atoms with van der Waals surface area (Å²) in [6.45, 7) is 3.00. The Balaban J connectivity index is 3.10. The summed E-state index contributed by atoms with van der Waals surface area (Å²) in [5.41, 5.74) is -2.36. The lowest BCUT2D eigenvalue weighted by atomic mass is 10.1. The van der Waals surface area contributed by atoms with Crippen LogP contribution in [-0.4, -0.2) is 18.6 Å². The Morgan fingerprint density at radius 1 is 1.35 bits per heavy atom. The van der Waals surface area contributed by atoms with Crippen LogP contribution in [0.4, 0.5) is 18.9 Å². The minimum absolute atomic E-state index is 0.00984. The smallest absolute Gasteiger partial charge is 0.369 e. The highest BCUT2D eigenvalue weighted by atomic mass is 19.4. The van der Waals surface area contributed by atoms with Gasteiger partial charge in [0, 0.05) is 7.11 Å². The largest absolute Gasteiger partial charge is 0.416 e. The Morgan fingerprint density at radius 2 is 1.95 bits per heavy atom. The predicted octanol–water partition coefficient (Wildman–Crippen LogP) is 2.94. The van der Waals surface area contributed by atoms with Crippen LogP contribution in [0.25, 0.3) is 0 Å². The van der Waals surface area contributed by atoms with Crippen LogP contribution in [0.2, 0.25) is 0 Å². The highest BCUT2D eigenvalue weighted by Crippen LogP contribution is 2.31. The van der Waals surface area contributed by atoms with Crippen LogP contribution in [0.15, 0.2) is 18.2 Å². The van der Waals surface area contributed by atoms with Crippen LogP contribution in [0.3, 0.4) is 0 Å². The normalized spacial score (nSPS) is 11.8. The second-order valence-corrected chi connectivity index (χ2v) is 4.54. The molecule has 0 unspecified atom stereocenters. The van der Waals surface area contributed by atoms with Gasteiger partial charge in [-0.15, -0.1) is 0 Å². The first kappa shape index (κ1) is 16.0. The summed E-state index contributed by atoms with van der Waals surface area (Å²) in [7, 11) is 1.33. The molecule has 0 saturated heterocycles. The van der Waals surface area contributed by atoms with Gasteiger partial charge >= 0.3 is 6.18 Å². The molecular weight excluding hydrogens is 273 g/mol. The second-order valence-electron chi connectivity index (χ2n) is 4.54. The summed E-state index contributed by atoms with van der Waals surface area (Å²) < 4.78 is 42.5. The van der Waals surface area contributed by atoms with Crippen LogP contribution < -0.4 is 5.32 Å². The van der Waals surface area contributed by atoms with Crippen LogP contribution in [0.1, 0.15) is 25.0 Å². The molecule has 0 spiro atoms. The number of carbonyl (C=O) groups excluding carboxylic acids is 1. The number of carbonyl (C=O) groups is 1. The van der Waals surface area contributed by atoms with Gasteiger partial charge in [0.05, 0.1) is 16.8 Å². The van der Waals surface area contributed by atoms with E-state index in [4.69, 9.17) is 10.00 Å². The van der Waals surface area contributed by atoms with Gasteiger partial charge in [0.1, 0.15) is 11.7 Å². The van der Waals surface area contributed by atoms with Gasteiger partial charge in [-0.25, -0.2) is 0 Å². The van der Waals surface area contributed by atoms with E-state index in [1.807, 2.05) is 0 Å². The molecule has 1 N–H and O–H groups in total. The van der Waals surface area contributed by atoms with Crippen molar-refractivity contribution in [1.29, 1.82) is 5.26 Å². The van der Waals surface area contributed by atoms with Crippen molar-refractivity contribution in [2.24, 2.45) is 0 Å². The van der Waals surface area contributed by atoms with Gasteiger partial charge in [0.15, 0.2) is 0 Å². The van der Waals surface area contributed by atoms with Gasteiger partial charge in [-0.05, 0) is 32.0 Å². The van der Waals surface area contributed by atoms with Crippen LogP contribution in [0, 0.1) is 11.3 Å². The van der Waals surface area contributed by atoms with E-state index in [0.29, 0.717) is 6.07 Å². The molecule has 4 nitrogen and oxygen atoms in total. The molecule has 0 saturated carbocycles. The van der Waals surface area contributed by atoms with E-state index in [2.05, 4.69) is 5.32 Å². The third-order valence-electron chi connectivity index (χ3n) is 2.77. The lowest BCUT2D eigenvalue weighted by Crippen LogP contribution is -2.39. The zero-order valence-corrected chi connectivity index (χ0v) is 11.1. The number of halogens is 3. The van der Waals surface area contributed by atoms with Crippen molar-refractivity contribution in [3.63, 3.8) is 0 Å². The van der Waals surface area contributed by atoms with E-state index in [1.54, 1.807) is 6.07 Å². The maximum atomic E-state index is 12.5. The van der Waals surface area contributed by atoms with E-state index in [9.17, 15) is 18.0 Å². The fourth-order valence-corrected chi connectivity index (χ4v) is 1.29. The number of nitriles is 1. The molecule has 0 fully saturated rings. The van der Waals surface area contributed by atoms with Gasteiger partial charge in [-0.3, -0.25) is 4.79 Å². The lowest BCUT2D eigenvalue weighted by Gasteiger charge is -2.22. The second kappa shape index (κ2) is 5.51. The van der Waals surface area contributed by atoms with Gasteiger partial charge in [0.25, 0.3) is 5.91 Å². The molecule has 7 heteroatoms. The van der Waals surface area contributed by atoms with E-state index in [-0.39, 0.29) is 11.3 Å². The van der Waals surface area contributed by atoms with Gasteiger partial charge in [0.2, 0.25) is 0 Å². The first-order chi connectivity index (χ1) is 9.11. The van der Waals surface area contributed by atoms with Crippen LogP contribution in [0.5, 0.6) is 0 Å².